The number of hydrogen-bond donors (Lipinski definition) is 1. The summed E-state index contributed by atoms with van der Waals surface area (Å²) in [5, 5.41) is 6.24. The number of aromatic amines is 1. The van der Waals surface area contributed by atoms with E-state index in [0.29, 0.717) is 12.3 Å². The number of H-pyrrole nitrogens is 1. The first kappa shape index (κ1) is 12.1. The van der Waals surface area contributed by atoms with Gasteiger partial charge in [0.15, 0.2) is 0 Å². The van der Waals surface area contributed by atoms with Crippen LogP contribution in [-0.2, 0) is 4.74 Å². The summed E-state index contributed by atoms with van der Waals surface area (Å²) in [7, 11) is 0. The molecule has 17 heavy (non-hydrogen) atoms. The van der Waals surface area contributed by atoms with Gasteiger partial charge in [-0.2, -0.15) is 5.10 Å². The summed E-state index contributed by atoms with van der Waals surface area (Å²) in [4.78, 5) is 13.3. The number of hydrogen-bond acceptors (Lipinski definition) is 4. The van der Waals surface area contributed by atoms with Crippen molar-refractivity contribution in [3.63, 3.8) is 0 Å². The molecule has 0 aromatic carbocycles. The Morgan fingerprint density at radius 3 is 3.35 bits per heavy atom. The molecule has 1 aliphatic rings. The molecule has 0 spiro atoms. The van der Waals surface area contributed by atoms with E-state index in [4.69, 9.17) is 16.3 Å². The molecule has 1 aromatic rings. The Balaban J connectivity index is 2.07. The van der Waals surface area contributed by atoms with Crippen LogP contribution < -0.4 is 10.5 Å². The smallest absolute Gasteiger partial charge is 0.285 e. The molecule has 1 aliphatic heterocycles. The highest BCUT2D eigenvalue weighted by molar-refractivity contribution is 6.33. The van der Waals surface area contributed by atoms with Crippen LogP contribution in [0, 0.1) is 0 Å². The van der Waals surface area contributed by atoms with Crippen LogP contribution in [0.2, 0.25) is 5.02 Å². The molecule has 1 saturated heterocycles. The summed E-state index contributed by atoms with van der Waals surface area (Å²) in [5.41, 5.74) is 0.305. The largest absolute Gasteiger partial charge is 0.372 e. The van der Waals surface area contributed by atoms with Crippen molar-refractivity contribution >= 4 is 17.3 Å². The lowest BCUT2D eigenvalue weighted by Gasteiger charge is -2.18. The molecule has 0 amide bonds. The highest BCUT2D eigenvalue weighted by atomic mass is 35.5. The average molecular weight is 256 g/mol. The van der Waals surface area contributed by atoms with E-state index in [2.05, 4.69) is 16.8 Å². The van der Waals surface area contributed by atoms with Gasteiger partial charge in [0.05, 0.1) is 24.6 Å². The molecule has 92 valence electrons. The molecule has 1 fully saturated rings. The Morgan fingerprint density at radius 2 is 2.59 bits per heavy atom. The number of halogens is 1. The second-order valence-corrected chi connectivity index (χ2v) is 4.26. The highest BCUT2D eigenvalue weighted by Crippen LogP contribution is 2.25. The maximum atomic E-state index is 11.3. The Kier molecular flexibility index (Phi) is 3.81. The van der Waals surface area contributed by atoms with Crippen molar-refractivity contribution in [2.75, 3.05) is 24.6 Å². The van der Waals surface area contributed by atoms with Gasteiger partial charge in [-0.1, -0.05) is 17.7 Å². The molecule has 0 bridgehead atoms. The van der Waals surface area contributed by atoms with Crippen molar-refractivity contribution < 1.29 is 4.74 Å². The molecule has 2 heterocycles. The summed E-state index contributed by atoms with van der Waals surface area (Å²) in [6.45, 7) is 5.68. The topological polar surface area (TPSA) is 58.2 Å². The first-order valence-electron chi connectivity index (χ1n) is 5.43. The van der Waals surface area contributed by atoms with Crippen LogP contribution >= 0.6 is 11.6 Å². The van der Waals surface area contributed by atoms with Crippen LogP contribution in [0.5, 0.6) is 0 Å². The van der Waals surface area contributed by atoms with Crippen molar-refractivity contribution in [1.29, 1.82) is 0 Å². The zero-order chi connectivity index (χ0) is 12.3. The lowest BCUT2D eigenvalue weighted by Crippen LogP contribution is -2.25. The van der Waals surface area contributed by atoms with E-state index in [0.717, 1.165) is 19.5 Å². The summed E-state index contributed by atoms with van der Waals surface area (Å²) in [6, 6.07) is 0. The lowest BCUT2D eigenvalue weighted by molar-refractivity contribution is 0.0909. The molecule has 6 heteroatoms. The first-order valence-corrected chi connectivity index (χ1v) is 5.80. The number of nitrogens with zero attached hydrogens (tertiary/aromatic N) is 2. The maximum absolute atomic E-state index is 11.3. The first-order chi connectivity index (χ1) is 8.22. The minimum Gasteiger partial charge on any atom is -0.372 e. The van der Waals surface area contributed by atoms with Crippen molar-refractivity contribution in [3.8, 4) is 0 Å². The normalized spacial score (nSPS) is 19.6. The molecule has 1 atom stereocenters. The molecule has 0 aliphatic carbocycles. The van der Waals surface area contributed by atoms with Crippen LogP contribution in [0.3, 0.4) is 0 Å². The Morgan fingerprint density at radius 1 is 1.76 bits per heavy atom. The highest BCUT2D eigenvalue weighted by Gasteiger charge is 2.25. The molecular weight excluding hydrogens is 242 g/mol. The van der Waals surface area contributed by atoms with Gasteiger partial charge in [-0.3, -0.25) is 4.79 Å². The number of nitrogens with one attached hydrogen (secondary N) is 1. The minimum atomic E-state index is -0.361. The zero-order valence-corrected chi connectivity index (χ0v) is 10.1. The van der Waals surface area contributed by atoms with E-state index in [1.54, 1.807) is 12.3 Å². The van der Waals surface area contributed by atoms with Gasteiger partial charge in [-0.25, -0.2) is 5.10 Å². The van der Waals surface area contributed by atoms with Crippen LogP contribution in [0.4, 0.5) is 5.69 Å². The van der Waals surface area contributed by atoms with Crippen LogP contribution in [-0.4, -0.2) is 36.0 Å². The fourth-order valence-electron chi connectivity index (χ4n) is 1.88. The van der Waals surface area contributed by atoms with E-state index in [-0.39, 0.29) is 16.7 Å². The second-order valence-electron chi connectivity index (χ2n) is 3.88. The summed E-state index contributed by atoms with van der Waals surface area (Å²) >= 11 is 5.94. The van der Waals surface area contributed by atoms with Gasteiger partial charge in [0.25, 0.3) is 5.56 Å². The van der Waals surface area contributed by atoms with Crippen molar-refractivity contribution in [3.05, 3.63) is 34.2 Å². The number of rotatable bonds is 4. The fourth-order valence-corrected chi connectivity index (χ4v) is 2.09. The Hall–Kier alpha value is -1.33. The minimum absolute atomic E-state index is 0.156. The monoisotopic (exact) mass is 255 g/mol. The number of ether oxygens (including phenoxy) is 1. The third-order valence-corrected chi connectivity index (χ3v) is 3.08. The third kappa shape index (κ3) is 2.68. The zero-order valence-electron chi connectivity index (χ0n) is 9.36. The molecule has 1 unspecified atom stereocenters. The molecule has 1 N–H and O–H groups in total. The summed E-state index contributed by atoms with van der Waals surface area (Å²) in [6.07, 6.45) is 4.37. The molecular formula is C11H14ClN3O2. The van der Waals surface area contributed by atoms with Gasteiger partial charge in [0.1, 0.15) is 5.02 Å². The van der Waals surface area contributed by atoms with Gasteiger partial charge in [-0.05, 0) is 6.42 Å². The molecule has 0 saturated carbocycles. The third-order valence-electron chi connectivity index (χ3n) is 2.71. The van der Waals surface area contributed by atoms with E-state index < -0.39 is 0 Å². The predicted molar refractivity (Wildman–Crippen MR) is 66.6 cm³/mol. The van der Waals surface area contributed by atoms with E-state index in [1.807, 2.05) is 4.90 Å². The van der Waals surface area contributed by atoms with Crippen molar-refractivity contribution in [2.24, 2.45) is 0 Å². The van der Waals surface area contributed by atoms with Gasteiger partial charge in [-0.15, -0.1) is 6.58 Å². The quantitative estimate of drug-likeness (QED) is 0.822. The standard InChI is InChI=1S/C11H14ClN3O2/c1-2-5-17-8-3-4-15(7-8)9-6-13-14-11(16)10(9)12/h2,6,8H,1,3-5,7H2,(H,14,16). The number of anilines is 1. The molecule has 5 nitrogen and oxygen atoms in total. The second kappa shape index (κ2) is 5.33. The van der Waals surface area contributed by atoms with Gasteiger partial charge in [0.2, 0.25) is 0 Å². The maximum Gasteiger partial charge on any atom is 0.285 e. The van der Waals surface area contributed by atoms with Crippen LogP contribution in [0.15, 0.2) is 23.6 Å². The van der Waals surface area contributed by atoms with Gasteiger partial charge >= 0.3 is 0 Å². The summed E-state index contributed by atoms with van der Waals surface area (Å²) in [5.74, 6) is 0. The Labute approximate surface area is 104 Å². The fraction of sp³-hybridized carbons (Fsp3) is 0.455. The molecule has 1 aromatic heterocycles. The lowest BCUT2D eigenvalue weighted by atomic mass is 10.3. The Bertz CT molecular complexity index is 460. The number of aromatic nitrogens is 2. The predicted octanol–water partition coefficient (Wildman–Crippen LogP) is 1.20. The van der Waals surface area contributed by atoms with Crippen molar-refractivity contribution in [1.82, 2.24) is 10.2 Å². The van der Waals surface area contributed by atoms with Gasteiger partial charge < -0.3 is 9.64 Å². The van der Waals surface area contributed by atoms with E-state index in [1.165, 1.54) is 0 Å². The van der Waals surface area contributed by atoms with Crippen LogP contribution in [0.25, 0.3) is 0 Å². The van der Waals surface area contributed by atoms with Crippen LogP contribution in [0.1, 0.15) is 6.42 Å². The van der Waals surface area contributed by atoms with E-state index >= 15 is 0 Å². The van der Waals surface area contributed by atoms with Gasteiger partial charge in [0, 0.05) is 13.1 Å². The van der Waals surface area contributed by atoms with E-state index in [9.17, 15) is 4.79 Å². The summed E-state index contributed by atoms with van der Waals surface area (Å²) < 4.78 is 5.56. The molecule has 2 rings (SSSR count). The molecule has 0 radical (unpaired) electrons. The SMILES string of the molecule is C=CCOC1CCN(c2cn[nH]c(=O)c2Cl)C1. The average Bonchev–Trinajstić information content (AvgIpc) is 2.78. The van der Waals surface area contributed by atoms with Crippen molar-refractivity contribution in [2.45, 2.75) is 12.5 Å².